The van der Waals surface area contributed by atoms with E-state index in [2.05, 4.69) is 6.58 Å². The van der Waals surface area contributed by atoms with Gasteiger partial charge >= 0.3 is 5.97 Å². The summed E-state index contributed by atoms with van der Waals surface area (Å²) in [5, 5.41) is 0. The standard InChI is InChI=1S/C9H13NO3/c1-2-6-13-9(12)7-10-5-3-4-8(10)11/h2H,1,3-7H2. The van der Waals surface area contributed by atoms with Crippen LogP contribution in [0.1, 0.15) is 12.8 Å². The van der Waals surface area contributed by atoms with E-state index in [0.717, 1.165) is 6.42 Å². The molecule has 1 aliphatic rings. The van der Waals surface area contributed by atoms with Gasteiger partial charge in [-0.3, -0.25) is 9.59 Å². The Balaban J connectivity index is 2.26. The second-order valence-electron chi connectivity index (χ2n) is 2.89. The minimum absolute atomic E-state index is 0.0375. The normalized spacial score (nSPS) is 16.0. The smallest absolute Gasteiger partial charge is 0.325 e. The number of carbonyl (C=O) groups excluding carboxylic acids is 2. The zero-order valence-corrected chi connectivity index (χ0v) is 7.49. The molecule has 0 aromatic carbocycles. The van der Waals surface area contributed by atoms with Crippen molar-refractivity contribution in [2.24, 2.45) is 0 Å². The number of amides is 1. The van der Waals surface area contributed by atoms with Gasteiger partial charge in [-0.25, -0.2) is 0 Å². The van der Waals surface area contributed by atoms with E-state index in [0.29, 0.717) is 13.0 Å². The first-order valence-electron chi connectivity index (χ1n) is 4.28. The van der Waals surface area contributed by atoms with Crippen LogP contribution in [0.2, 0.25) is 0 Å². The molecule has 0 aliphatic carbocycles. The number of rotatable bonds is 4. The number of ether oxygens (including phenoxy) is 1. The van der Waals surface area contributed by atoms with Crippen molar-refractivity contribution in [2.45, 2.75) is 12.8 Å². The molecule has 0 unspecified atom stereocenters. The fraction of sp³-hybridized carbons (Fsp3) is 0.556. The van der Waals surface area contributed by atoms with Crippen LogP contribution < -0.4 is 0 Å². The molecule has 0 aromatic rings. The Morgan fingerprint density at radius 1 is 1.69 bits per heavy atom. The van der Waals surface area contributed by atoms with Crippen LogP contribution >= 0.6 is 0 Å². The average molecular weight is 183 g/mol. The Hall–Kier alpha value is -1.32. The van der Waals surface area contributed by atoms with Crippen molar-refractivity contribution in [1.82, 2.24) is 4.90 Å². The minimum Gasteiger partial charge on any atom is -0.460 e. The van der Waals surface area contributed by atoms with E-state index in [9.17, 15) is 9.59 Å². The Labute approximate surface area is 77.2 Å². The molecule has 0 atom stereocenters. The SMILES string of the molecule is C=CCOC(=O)CN1CCCC1=O. The fourth-order valence-corrected chi connectivity index (χ4v) is 1.22. The van der Waals surface area contributed by atoms with Crippen LogP contribution in [-0.2, 0) is 14.3 Å². The van der Waals surface area contributed by atoms with Crippen LogP contribution in [0.3, 0.4) is 0 Å². The van der Waals surface area contributed by atoms with E-state index in [1.807, 2.05) is 0 Å². The van der Waals surface area contributed by atoms with Gasteiger partial charge in [0.05, 0.1) is 0 Å². The molecule has 0 spiro atoms. The molecule has 13 heavy (non-hydrogen) atoms. The highest BCUT2D eigenvalue weighted by Gasteiger charge is 2.22. The number of carbonyl (C=O) groups is 2. The molecule has 1 rings (SSSR count). The maximum Gasteiger partial charge on any atom is 0.325 e. The second kappa shape index (κ2) is 4.64. The van der Waals surface area contributed by atoms with Gasteiger partial charge in [0, 0.05) is 13.0 Å². The lowest BCUT2D eigenvalue weighted by Gasteiger charge is -2.13. The third-order valence-corrected chi connectivity index (χ3v) is 1.85. The molecule has 1 amide bonds. The van der Waals surface area contributed by atoms with E-state index in [-0.39, 0.29) is 25.0 Å². The molecule has 4 nitrogen and oxygen atoms in total. The zero-order valence-electron chi connectivity index (χ0n) is 7.49. The summed E-state index contributed by atoms with van der Waals surface area (Å²) >= 11 is 0. The summed E-state index contributed by atoms with van der Waals surface area (Å²) in [6, 6.07) is 0. The summed E-state index contributed by atoms with van der Waals surface area (Å²) in [4.78, 5) is 23.6. The maximum atomic E-state index is 11.1. The molecular weight excluding hydrogens is 170 g/mol. The van der Waals surface area contributed by atoms with Gasteiger partial charge in [-0.2, -0.15) is 0 Å². The summed E-state index contributed by atoms with van der Waals surface area (Å²) < 4.78 is 4.75. The Morgan fingerprint density at radius 2 is 2.46 bits per heavy atom. The molecule has 72 valence electrons. The van der Waals surface area contributed by atoms with E-state index in [1.165, 1.54) is 11.0 Å². The molecule has 0 saturated carbocycles. The third kappa shape index (κ3) is 2.89. The lowest BCUT2D eigenvalue weighted by Crippen LogP contribution is -2.31. The predicted octanol–water partition coefficient (Wildman–Crippen LogP) is 0.338. The van der Waals surface area contributed by atoms with Crippen molar-refractivity contribution >= 4 is 11.9 Å². The molecule has 0 aromatic heterocycles. The Kier molecular flexibility index (Phi) is 3.49. The molecule has 4 heteroatoms. The van der Waals surface area contributed by atoms with E-state index < -0.39 is 0 Å². The number of hydrogen-bond donors (Lipinski definition) is 0. The van der Waals surface area contributed by atoms with Crippen molar-refractivity contribution in [3.8, 4) is 0 Å². The average Bonchev–Trinajstić information content (AvgIpc) is 2.48. The van der Waals surface area contributed by atoms with Crippen molar-refractivity contribution in [3.05, 3.63) is 12.7 Å². The molecule has 1 fully saturated rings. The molecular formula is C9H13NO3. The van der Waals surface area contributed by atoms with Gasteiger partial charge in [0.2, 0.25) is 5.91 Å². The number of hydrogen-bond acceptors (Lipinski definition) is 3. The van der Waals surface area contributed by atoms with E-state index in [1.54, 1.807) is 0 Å². The zero-order chi connectivity index (χ0) is 9.68. The topological polar surface area (TPSA) is 46.6 Å². The Morgan fingerprint density at radius 3 is 3.00 bits per heavy atom. The first-order valence-corrected chi connectivity index (χ1v) is 4.28. The highest BCUT2D eigenvalue weighted by molar-refractivity contribution is 5.83. The molecule has 0 bridgehead atoms. The molecule has 0 N–H and O–H groups in total. The fourth-order valence-electron chi connectivity index (χ4n) is 1.22. The van der Waals surface area contributed by atoms with Crippen molar-refractivity contribution in [1.29, 1.82) is 0 Å². The summed E-state index contributed by atoms with van der Waals surface area (Å²) in [7, 11) is 0. The minimum atomic E-state index is -0.366. The molecule has 0 radical (unpaired) electrons. The second-order valence-corrected chi connectivity index (χ2v) is 2.89. The number of esters is 1. The highest BCUT2D eigenvalue weighted by atomic mass is 16.5. The number of likely N-dealkylation sites (tertiary alicyclic amines) is 1. The van der Waals surface area contributed by atoms with Crippen molar-refractivity contribution in [2.75, 3.05) is 19.7 Å². The summed E-state index contributed by atoms with van der Waals surface area (Å²) in [6.07, 6.45) is 2.89. The molecule has 1 aliphatic heterocycles. The predicted molar refractivity (Wildman–Crippen MR) is 47.0 cm³/mol. The van der Waals surface area contributed by atoms with Gasteiger partial charge in [0.1, 0.15) is 13.2 Å². The van der Waals surface area contributed by atoms with Crippen LogP contribution in [0.25, 0.3) is 0 Å². The van der Waals surface area contributed by atoms with E-state index >= 15 is 0 Å². The largest absolute Gasteiger partial charge is 0.460 e. The monoisotopic (exact) mass is 183 g/mol. The van der Waals surface area contributed by atoms with Crippen LogP contribution in [0.5, 0.6) is 0 Å². The van der Waals surface area contributed by atoms with Crippen molar-refractivity contribution in [3.63, 3.8) is 0 Å². The van der Waals surface area contributed by atoms with Gasteiger partial charge in [-0.1, -0.05) is 12.7 Å². The summed E-state index contributed by atoms with van der Waals surface area (Å²) in [5.74, 6) is -0.328. The first-order chi connectivity index (χ1) is 6.24. The van der Waals surface area contributed by atoms with Crippen LogP contribution in [0.15, 0.2) is 12.7 Å². The van der Waals surface area contributed by atoms with Gasteiger partial charge in [-0.15, -0.1) is 0 Å². The quantitative estimate of drug-likeness (QED) is 0.466. The van der Waals surface area contributed by atoms with Crippen LogP contribution in [0.4, 0.5) is 0 Å². The van der Waals surface area contributed by atoms with Crippen LogP contribution in [-0.4, -0.2) is 36.5 Å². The summed E-state index contributed by atoms with van der Waals surface area (Å²) in [6.45, 7) is 4.38. The first kappa shape index (κ1) is 9.77. The molecule has 1 heterocycles. The van der Waals surface area contributed by atoms with Gasteiger partial charge in [0.25, 0.3) is 0 Å². The lowest BCUT2D eigenvalue weighted by atomic mass is 10.4. The van der Waals surface area contributed by atoms with Gasteiger partial charge < -0.3 is 9.64 Å². The van der Waals surface area contributed by atoms with Gasteiger partial charge in [-0.05, 0) is 6.42 Å². The molecule has 1 saturated heterocycles. The van der Waals surface area contributed by atoms with Gasteiger partial charge in [0.15, 0.2) is 0 Å². The third-order valence-electron chi connectivity index (χ3n) is 1.85. The maximum absolute atomic E-state index is 11.1. The number of nitrogens with zero attached hydrogens (tertiary/aromatic N) is 1. The Bertz CT molecular complexity index is 225. The lowest BCUT2D eigenvalue weighted by molar-refractivity contribution is -0.147. The summed E-state index contributed by atoms with van der Waals surface area (Å²) in [5.41, 5.74) is 0. The van der Waals surface area contributed by atoms with Crippen LogP contribution in [0, 0.1) is 0 Å². The highest BCUT2D eigenvalue weighted by Crippen LogP contribution is 2.08. The van der Waals surface area contributed by atoms with Crippen molar-refractivity contribution < 1.29 is 14.3 Å². The van der Waals surface area contributed by atoms with E-state index in [4.69, 9.17) is 4.74 Å².